The lowest BCUT2D eigenvalue weighted by Crippen LogP contribution is -2.25. The molecule has 5 heteroatoms. The van der Waals surface area contributed by atoms with Crippen LogP contribution in [-0.4, -0.2) is 42.3 Å². The summed E-state index contributed by atoms with van der Waals surface area (Å²) in [6.07, 6.45) is 3.92. The fraction of sp³-hybridized carbons (Fsp3) is 0.462. The first kappa shape index (κ1) is 13.3. The molecule has 1 saturated heterocycles. The van der Waals surface area contributed by atoms with Crippen LogP contribution in [0.25, 0.3) is 6.08 Å². The molecule has 1 N–H and O–H groups in total. The summed E-state index contributed by atoms with van der Waals surface area (Å²) in [6, 6.07) is 1.97. The lowest BCUT2D eigenvalue weighted by Gasteiger charge is -2.18. The van der Waals surface area contributed by atoms with Gasteiger partial charge in [-0.3, -0.25) is 4.90 Å². The third kappa shape index (κ3) is 3.94. The highest BCUT2D eigenvalue weighted by molar-refractivity contribution is 7.10. The molecule has 0 unspecified atom stereocenters. The van der Waals surface area contributed by atoms with Crippen LogP contribution in [0, 0.1) is 0 Å². The lowest BCUT2D eigenvalue weighted by atomic mass is 10.2. The van der Waals surface area contributed by atoms with Crippen LogP contribution in [0.15, 0.2) is 17.5 Å². The minimum absolute atomic E-state index is 0.783. The van der Waals surface area contributed by atoms with Crippen molar-refractivity contribution in [3.63, 3.8) is 0 Å². The maximum atomic E-state index is 10.5. The highest BCUT2D eigenvalue weighted by Gasteiger charge is 2.12. The summed E-state index contributed by atoms with van der Waals surface area (Å²) in [4.78, 5) is 14.1. The molecule has 1 aromatic rings. The number of thiophene rings is 1. The van der Waals surface area contributed by atoms with Crippen molar-refractivity contribution in [2.45, 2.75) is 13.0 Å². The largest absolute Gasteiger partial charge is 0.478 e. The molecule has 98 valence electrons. The van der Waals surface area contributed by atoms with E-state index < -0.39 is 5.97 Å². The van der Waals surface area contributed by atoms with Gasteiger partial charge in [0.25, 0.3) is 0 Å². The zero-order valence-corrected chi connectivity index (χ0v) is 11.0. The average Bonchev–Trinajstić information content (AvgIpc) is 2.60. The van der Waals surface area contributed by atoms with Crippen LogP contribution in [0.5, 0.6) is 0 Å². The summed E-state index contributed by atoms with van der Waals surface area (Å²) in [5.41, 5.74) is 1.01. The molecular formula is C13H17NO3S. The first-order chi connectivity index (χ1) is 8.75. The number of aliphatic carboxylic acids is 1. The second kappa shape index (κ2) is 6.68. The summed E-state index contributed by atoms with van der Waals surface area (Å²) in [5.74, 6) is -0.907. The van der Waals surface area contributed by atoms with Crippen LogP contribution >= 0.6 is 11.3 Å². The minimum Gasteiger partial charge on any atom is -0.478 e. The van der Waals surface area contributed by atoms with Crippen LogP contribution in [0.1, 0.15) is 16.9 Å². The van der Waals surface area contributed by atoms with Gasteiger partial charge >= 0.3 is 5.97 Å². The van der Waals surface area contributed by atoms with Gasteiger partial charge in [0, 0.05) is 37.2 Å². The van der Waals surface area contributed by atoms with Crippen molar-refractivity contribution in [1.29, 1.82) is 0 Å². The third-order valence-electron chi connectivity index (χ3n) is 2.87. The molecule has 0 amide bonds. The normalized spacial score (nSPS) is 18.0. The number of hydrogen-bond acceptors (Lipinski definition) is 4. The molecule has 2 heterocycles. The van der Waals surface area contributed by atoms with E-state index in [0.29, 0.717) is 0 Å². The Morgan fingerprint density at radius 2 is 2.39 bits per heavy atom. The van der Waals surface area contributed by atoms with Crippen molar-refractivity contribution < 1.29 is 14.6 Å². The second-order valence-corrected chi connectivity index (χ2v) is 5.21. The van der Waals surface area contributed by atoms with Gasteiger partial charge < -0.3 is 9.84 Å². The summed E-state index contributed by atoms with van der Waals surface area (Å²) < 4.78 is 5.42. The van der Waals surface area contributed by atoms with Gasteiger partial charge in [-0.15, -0.1) is 11.3 Å². The molecule has 4 nitrogen and oxygen atoms in total. The van der Waals surface area contributed by atoms with Gasteiger partial charge in [0.05, 0.1) is 6.61 Å². The molecule has 1 fully saturated rings. The van der Waals surface area contributed by atoms with E-state index in [1.807, 2.05) is 11.4 Å². The van der Waals surface area contributed by atoms with Gasteiger partial charge in [0.1, 0.15) is 0 Å². The van der Waals surface area contributed by atoms with Crippen LogP contribution in [0.3, 0.4) is 0 Å². The van der Waals surface area contributed by atoms with E-state index in [9.17, 15) is 4.79 Å². The van der Waals surface area contributed by atoms with E-state index in [4.69, 9.17) is 9.84 Å². The molecule has 1 aliphatic rings. The number of carbonyl (C=O) groups is 1. The zero-order valence-electron chi connectivity index (χ0n) is 10.2. The molecule has 0 saturated carbocycles. The van der Waals surface area contributed by atoms with E-state index in [2.05, 4.69) is 4.90 Å². The Labute approximate surface area is 110 Å². The Morgan fingerprint density at radius 3 is 3.22 bits per heavy atom. The number of ether oxygens (including phenoxy) is 1. The summed E-state index contributed by atoms with van der Waals surface area (Å²) in [5, 5.41) is 10.7. The van der Waals surface area contributed by atoms with Crippen molar-refractivity contribution in [1.82, 2.24) is 4.90 Å². The SMILES string of the molecule is O=C(O)C=Cc1ccsc1CN1CCCOCC1. The Bertz CT molecular complexity index is 420. The Morgan fingerprint density at radius 1 is 1.50 bits per heavy atom. The van der Waals surface area contributed by atoms with Crippen molar-refractivity contribution >= 4 is 23.4 Å². The molecule has 1 aromatic heterocycles. The van der Waals surface area contributed by atoms with E-state index in [0.717, 1.165) is 44.8 Å². The number of hydrogen-bond donors (Lipinski definition) is 1. The second-order valence-electron chi connectivity index (χ2n) is 4.21. The van der Waals surface area contributed by atoms with E-state index in [1.54, 1.807) is 17.4 Å². The van der Waals surface area contributed by atoms with Gasteiger partial charge in [-0.1, -0.05) is 0 Å². The van der Waals surface area contributed by atoms with E-state index in [1.165, 1.54) is 11.0 Å². The quantitative estimate of drug-likeness (QED) is 0.848. The van der Waals surface area contributed by atoms with Crippen LogP contribution in [-0.2, 0) is 16.1 Å². The molecule has 0 aliphatic carbocycles. The molecule has 0 bridgehead atoms. The Balaban J connectivity index is 2.00. The van der Waals surface area contributed by atoms with Crippen molar-refractivity contribution in [3.8, 4) is 0 Å². The van der Waals surface area contributed by atoms with E-state index in [-0.39, 0.29) is 0 Å². The van der Waals surface area contributed by atoms with Gasteiger partial charge in [-0.2, -0.15) is 0 Å². The fourth-order valence-corrected chi connectivity index (χ4v) is 2.86. The average molecular weight is 267 g/mol. The first-order valence-corrected chi connectivity index (χ1v) is 6.91. The minimum atomic E-state index is -0.907. The van der Waals surface area contributed by atoms with Crippen LogP contribution in [0.4, 0.5) is 0 Å². The predicted molar refractivity (Wildman–Crippen MR) is 71.7 cm³/mol. The monoisotopic (exact) mass is 267 g/mol. The topological polar surface area (TPSA) is 49.8 Å². The predicted octanol–water partition coefficient (Wildman–Crippen LogP) is 2.07. The highest BCUT2D eigenvalue weighted by atomic mass is 32.1. The highest BCUT2D eigenvalue weighted by Crippen LogP contribution is 2.21. The van der Waals surface area contributed by atoms with Crippen molar-refractivity contribution in [2.75, 3.05) is 26.3 Å². The van der Waals surface area contributed by atoms with Crippen molar-refractivity contribution in [3.05, 3.63) is 28.0 Å². The van der Waals surface area contributed by atoms with Gasteiger partial charge in [-0.25, -0.2) is 4.79 Å². The zero-order chi connectivity index (χ0) is 12.8. The molecule has 0 spiro atoms. The van der Waals surface area contributed by atoms with Crippen molar-refractivity contribution in [2.24, 2.45) is 0 Å². The summed E-state index contributed by atoms with van der Waals surface area (Å²) in [6.45, 7) is 4.48. The number of rotatable bonds is 4. The molecular weight excluding hydrogens is 250 g/mol. The lowest BCUT2D eigenvalue weighted by molar-refractivity contribution is -0.131. The Kier molecular flexibility index (Phi) is 4.92. The molecule has 0 radical (unpaired) electrons. The Hall–Kier alpha value is -1.17. The fourth-order valence-electron chi connectivity index (χ4n) is 1.95. The van der Waals surface area contributed by atoms with Gasteiger partial charge in [0.2, 0.25) is 0 Å². The van der Waals surface area contributed by atoms with E-state index >= 15 is 0 Å². The summed E-state index contributed by atoms with van der Waals surface area (Å²) >= 11 is 1.67. The molecule has 0 aromatic carbocycles. The first-order valence-electron chi connectivity index (χ1n) is 6.03. The molecule has 2 rings (SSSR count). The van der Waals surface area contributed by atoms with Gasteiger partial charge in [-0.05, 0) is 29.5 Å². The summed E-state index contributed by atoms with van der Waals surface area (Å²) in [7, 11) is 0. The smallest absolute Gasteiger partial charge is 0.328 e. The van der Waals surface area contributed by atoms with Crippen LogP contribution < -0.4 is 0 Å². The number of carboxylic acid groups (broad SMARTS) is 1. The molecule has 1 aliphatic heterocycles. The number of carboxylic acids is 1. The third-order valence-corrected chi connectivity index (χ3v) is 3.79. The maximum absolute atomic E-state index is 10.5. The molecule has 0 atom stereocenters. The standard InChI is InChI=1S/C13H17NO3S/c15-13(16)3-2-11-4-9-18-12(11)10-14-5-1-7-17-8-6-14/h2-4,9H,1,5-8,10H2,(H,15,16). The maximum Gasteiger partial charge on any atom is 0.328 e. The number of nitrogens with zero attached hydrogens (tertiary/aromatic N) is 1. The molecule has 18 heavy (non-hydrogen) atoms. The van der Waals surface area contributed by atoms with Gasteiger partial charge in [0.15, 0.2) is 0 Å². The van der Waals surface area contributed by atoms with Crippen LogP contribution in [0.2, 0.25) is 0 Å².